The van der Waals surface area contributed by atoms with Crippen LogP contribution in [0.2, 0.25) is 5.16 Å². The van der Waals surface area contributed by atoms with Gasteiger partial charge in [0.15, 0.2) is 0 Å². The van der Waals surface area contributed by atoms with Crippen molar-refractivity contribution in [3.63, 3.8) is 0 Å². The molecule has 0 spiro atoms. The van der Waals surface area contributed by atoms with Gasteiger partial charge in [0.05, 0.1) is 5.16 Å². The highest BCUT2D eigenvalue weighted by molar-refractivity contribution is 6.93. The molecule has 0 saturated heterocycles. The third kappa shape index (κ3) is 8.63. The van der Waals surface area contributed by atoms with Gasteiger partial charge in [-0.05, 0) is 58.4 Å². The van der Waals surface area contributed by atoms with Crippen LogP contribution in [0.4, 0.5) is 0 Å². The molecule has 0 aliphatic carbocycles. The second-order valence-corrected chi connectivity index (χ2v) is 13.6. The van der Waals surface area contributed by atoms with Gasteiger partial charge in [0.25, 0.3) is 0 Å². The van der Waals surface area contributed by atoms with E-state index in [4.69, 9.17) is 17.7 Å². The van der Waals surface area contributed by atoms with Crippen LogP contribution in [0.3, 0.4) is 0 Å². The molecule has 0 unspecified atom stereocenters. The first-order valence-electron chi connectivity index (χ1n) is 11.5. The highest BCUT2D eigenvalue weighted by atomic mass is 28.4. The van der Waals surface area contributed by atoms with Crippen molar-refractivity contribution >= 4 is 17.1 Å². The maximum absolute atomic E-state index is 6.51. The summed E-state index contributed by atoms with van der Waals surface area (Å²) in [6.45, 7) is 17.5. The van der Waals surface area contributed by atoms with Crippen LogP contribution in [-0.4, -0.2) is 43.5 Å². The van der Waals surface area contributed by atoms with E-state index in [1.54, 1.807) is 0 Å². The standard InChI is InChI=1S/C22H46O4Si2/c1-8-15-17-20-27(23-11-4,24-12-5)22(19-10-3)28(25-13-6,26-14-7)21-18-16-9-2/h17-18,20-22H,8-16,19H2,1-7H3. The Kier molecular flexibility index (Phi) is 16.4. The van der Waals surface area contributed by atoms with Crippen LogP contribution >= 0.6 is 0 Å². The average Bonchev–Trinajstić information content (AvgIpc) is 2.67. The molecule has 0 heterocycles. The van der Waals surface area contributed by atoms with Crippen molar-refractivity contribution in [3.05, 3.63) is 23.6 Å². The minimum atomic E-state index is -2.67. The van der Waals surface area contributed by atoms with Gasteiger partial charge in [-0.15, -0.1) is 0 Å². The zero-order valence-corrected chi connectivity index (χ0v) is 21.6. The van der Waals surface area contributed by atoms with Gasteiger partial charge in [0, 0.05) is 26.4 Å². The van der Waals surface area contributed by atoms with E-state index in [1.807, 2.05) is 0 Å². The highest BCUT2D eigenvalue weighted by Gasteiger charge is 2.58. The van der Waals surface area contributed by atoms with Gasteiger partial charge in [-0.25, -0.2) is 0 Å². The van der Waals surface area contributed by atoms with E-state index in [9.17, 15) is 0 Å². The fourth-order valence-corrected chi connectivity index (χ4v) is 13.4. The van der Waals surface area contributed by atoms with Crippen LogP contribution in [0.1, 0.15) is 87.0 Å². The monoisotopic (exact) mass is 430 g/mol. The number of hydrogen-bond acceptors (Lipinski definition) is 4. The molecule has 4 nitrogen and oxygen atoms in total. The Balaban J connectivity index is 6.43. The van der Waals surface area contributed by atoms with Gasteiger partial charge >= 0.3 is 17.1 Å². The molecule has 0 aliphatic heterocycles. The maximum Gasteiger partial charge on any atom is 0.370 e. The third-order valence-electron chi connectivity index (χ3n) is 4.64. The Morgan fingerprint density at radius 3 is 1.18 bits per heavy atom. The van der Waals surface area contributed by atoms with E-state index >= 15 is 0 Å². The molecule has 0 rings (SSSR count). The number of unbranched alkanes of at least 4 members (excludes halogenated alkanes) is 2. The first-order valence-corrected chi connectivity index (χ1v) is 15.4. The van der Waals surface area contributed by atoms with Crippen LogP contribution in [0.5, 0.6) is 0 Å². The molecular weight excluding hydrogens is 384 g/mol. The van der Waals surface area contributed by atoms with Crippen molar-refractivity contribution in [1.82, 2.24) is 0 Å². The Labute approximate surface area is 177 Å². The van der Waals surface area contributed by atoms with Crippen molar-refractivity contribution in [3.8, 4) is 0 Å². The molecule has 0 amide bonds. The summed E-state index contributed by atoms with van der Waals surface area (Å²) < 4.78 is 26.0. The maximum atomic E-state index is 6.51. The highest BCUT2D eigenvalue weighted by Crippen LogP contribution is 2.41. The smallest absolute Gasteiger partial charge is 0.370 e. The van der Waals surface area contributed by atoms with Gasteiger partial charge in [0.2, 0.25) is 0 Å². The lowest BCUT2D eigenvalue weighted by atomic mass is 10.3. The zero-order valence-electron chi connectivity index (χ0n) is 19.6. The summed E-state index contributed by atoms with van der Waals surface area (Å²) >= 11 is 0. The van der Waals surface area contributed by atoms with Gasteiger partial charge in [-0.3, -0.25) is 0 Å². The predicted molar refractivity (Wildman–Crippen MR) is 125 cm³/mol. The van der Waals surface area contributed by atoms with Gasteiger partial charge in [-0.2, -0.15) is 0 Å². The minimum absolute atomic E-state index is 0.158. The summed E-state index contributed by atoms with van der Waals surface area (Å²) in [5.74, 6) is 0. The van der Waals surface area contributed by atoms with Gasteiger partial charge in [-0.1, -0.05) is 52.2 Å². The summed E-state index contributed by atoms with van der Waals surface area (Å²) in [6, 6.07) is 0. The lowest BCUT2D eigenvalue weighted by Crippen LogP contribution is -2.60. The summed E-state index contributed by atoms with van der Waals surface area (Å²) in [4.78, 5) is 0. The Morgan fingerprint density at radius 2 is 0.929 bits per heavy atom. The molecule has 0 atom stereocenters. The average molecular weight is 431 g/mol. The second kappa shape index (κ2) is 16.5. The molecule has 0 aromatic heterocycles. The van der Waals surface area contributed by atoms with Crippen molar-refractivity contribution in [2.24, 2.45) is 0 Å². The fourth-order valence-electron chi connectivity index (χ4n) is 3.61. The zero-order chi connectivity index (χ0) is 21.3. The molecule has 0 fully saturated rings. The summed E-state index contributed by atoms with van der Waals surface area (Å²) in [7, 11) is -5.35. The quantitative estimate of drug-likeness (QED) is 0.232. The van der Waals surface area contributed by atoms with E-state index in [1.165, 1.54) is 0 Å². The molecule has 28 heavy (non-hydrogen) atoms. The van der Waals surface area contributed by atoms with E-state index in [2.05, 4.69) is 72.0 Å². The van der Waals surface area contributed by atoms with Crippen molar-refractivity contribution in [1.29, 1.82) is 0 Å². The van der Waals surface area contributed by atoms with Gasteiger partial charge in [0.1, 0.15) is 0 Å². The third-order valence-corrected chi connectivity index (χ3v) is 13.9. The Morgan fingerprint density at radius 1 is 0.571 bits per heavy atom. The van der Waals surface area contributed by atoms with Crippen LogP contribution < -0.4 is 0 Å². The summed E-state index contributed by atoms with van der Waals surface area (Å²) in [5.41, 5.74) is 4.55. The Bertz CT molecular complexity index is 379. The van der Waals surface area contributed by atoms with Crippen molar-refractivity contribution in [2.75, 3.05) is 26.4 Å². The molecule has 0 aromatic carbocycles. The topological polar surface area (TPSA) is 36.9 Å². The van der Waals surface area contributed by atoms with Crippen LogP contribution in [0, 0.1) is 0 Å². The van der Waals surface area contributed by atoms with Crippen molar-refractivity contribution < 1.29 is 17.7 Å². The molecule has 0 aromatic rings. The SMILES string of the molecule is CCCC=C[Si](OCC)(OCC)C(CCC)[Si](C=CCCC)(OCC)OCC. The first kappa shape index (κ1) is 27.8. The van der Waals surface area contributed by atoms with Crippen LogP contribution in [-0.2, 0) is 17.7 Å². The van der Waals surface area contributed by atoms with E-state index in [0.717, 1.165) is 38.5 Å². The number of allylic oxidation sites excluding steroid dienone is 2. The lowest BCUT2D eigenvalue weighted by Gasteiger charge is -2.43. The normalized spacial score (nSPS) is 14.4. The molecular formula is C22H46O4Si2. The molecule has 0 N–H and O–H groups in total. The Hall–Kier alpha value is -0.246. The largest absolute Gasteiger partial charge is 0.391 e. The molecule has 166 valence electrons. The fraction of sp³-hybridized carbons (Fsp3) is 0.818. The molecule has 6 heteroatoms. The van der Waals surface area contributed by atoms with E-state index in [0.29, 0.717) is 26.4 Å². The molecule has 0 bridgehead atoms. The van der Waals surface area contributed by atoms with Crippen LogP contribution in [0.15, 0.2) is 23.6 Å². The molecule has 0 radical (unpaired) electrons. The van der Waals surface area contributed by atoms with Gasteiger partial charge < -0.3 is 17.7 Å². The summed E-state index contributed by atoms with van der Waals surface area (Å²) in [6.07, 6.45) is 10.9. The number of hydrogen-bond donors (Lipinski definition) is 0. The number of rotatable bonds is 18. The lowest BCUT2D eigenvalue weighted by molar-refractivity contribution is 0.158. The predicted octanol–water partition coefficient (Wildman–Crippen LogP) is 6.52. The first-order chi connectivity index (χ1) is 13.6. The van der Waals surface area contributed by atoms with E-state index in [-0.39, 0.29) is 5.16 Å². The minimum Gasteiger partial charge on any atom is -0.391 e. The van der Waals surface area contributed by atoms with Crippen molar-refractivity contribution in [2.45, 2.75) is 92.2 Å². The summed E-state index contributed by atoms with van der Waals surface area (Å²) in [5, 5.41) is 0.158. The molecule has 0 aliphatic rings. The molecule has 0 saturated carbocycles. The van der Waals surface area contributed by atoms with Crippen LogP contribution in [0.25, 0.3) is 0 Å². The van der Waals surface area contributed by atoms with E-state index < -0.39 is 17.1 Å². The second-order valence-electron chi connectivity index (χ2n) is 6.90.